The summed E-state index contributed by atoms with van der Waals surface area (Å²) in [7, 11) is 1.52. The molecular formula is C12H21F3N4O2. The summed E-state index contributed by atoms with van der Waals surface area (Å²) < 4.78 is 41.2. The van der Waals surface area contributed by atoms with Gasteiger partial charge in [-0.25, -0.2) is 4.79 Å². The first kappa shape index (κ1) is 17.4. The fourth-order valence-corrected chi connectivity index (χ4v) is 1.96. The molecule has 0 aromatic rings. The Kier molecular flexibility index (Phi) is 6.57. The van der Waals surface area contributed by atoms with Gasteiger partial charge < -0.3 is 19.9 Å². The number of guanidine groups is 1. The molecule has 1 fully saturated rings. The third-order valence-corrected chi connectivity index (χ3v) is 3.01. The summed E-state index contributed by atoms with van der Waals surface area (Å²) in [6, 6.07) is 0. The second kappa shape index (κ2) is 7.94. The van der Waals surface area contributed by atoms with Crippen LogP contribution in [0.25, 0.3) is 0 Å². The largest absolute Gasteiger partial charge is 0.450 e. The molecule has 0 radical (unpaired) electrons. The van der Waals surface area contributed by atoms with Crippen molar-refractivity contribution in [2.24, 2.45) is 4.99 Å². The quantitative estimate of drug-likeness (QED) is 0.630. The van der Waals surface area contributed by atoms with Gasteiger partial charge >= 0.3 is 12.3 Å². The number of aliphatic imine (C=N–C) groups is 1. The fraction of sp³-hybridized carbons (Fsp3) is 0.833. The van der Waals surface area contributed by atoms with E-state index in [1.165, 1.54) is 7.05 Å². The Labute approximate surface area is 121 Å². The first-order valence-corrected chi connectivity index (χ1v) is 6.81. The highest BCUT2D eigenvalue weighted by Crippen LogP contribution is 2.18. The van der Waals surface area contributed by atoms with Gasteiger partial charge in [-0.3, -0.25) is 4.99 Å². The van der Waals surface area contributed by atoms with Crippen LogP contribution < -0.4 is 5.32 Å². The minimum absolute atomic E-state index is 0.214. The molecule has 1 amide bonds. The fourth-order valence-electron chi connectivity index (χ4n) is 1.96. The number of rotatable bonds is 3. The first-order chi connectivity index (χ1) is 9.87. The number of hydrogen-bond acceptors (Lipinski definition) is 3. The van der Waals surface area contributed by atoms with E-state index in [1.54, 1.807) is 11.8 Å². The van der Waals surface area contributed by atoms with Gasteiger partial charge in [-0.15, -0.1) is 0 Å². The summed E-state index contributed by atoms with van der Waals surface area (Å²) in [5.41, 5.74) is 0. The number of amides is 1. The summed E-state index contributed by atoms with van der Waals surface area (Å²) in [5, 5.41) is 2.69. The second-order valence-corrected chi connectivity index (χ2v) is 4.51. The molecule has 0 spiro atoms. The summed E-state index contributed by atoms with van der Waals surface area (Å²) in [6.45, 7) is 3.77. The number of carbonyl (C=O) groups is 1. The standard InChI is InChI=1S/C12H21F3N4O2/c1-3-21-11(20)19-8-6-18(7-9-19)10(16-2)17-5-4-12(13,14)15/h3-9H2,1-2H3,(H,16,17). The zero-order valence-corrected chi connectivity index (χ0v) is 12.2. The van der Waals surface area contributed by atoms with Crippen molar-refractivity contribution in [1.29, 1.82) is 0 Å². The van der Waals surface area contributed by atoms with E-state index in [0.29, 0.717) is 38.7 Å². The van der Waals surface area contributed by atoms with Crippen molar-refractivity contribution < 1.29 is 22.7 Å². The van der Waals surface area contributed by atoms with Gasteiger partial charge in [0.25, 0.3) is 0 Å². The van der Waals surface area contributed by atoms with Crippen molar-refractivity contribution in [2.45, 2.75) is 19.5 Å². The molecule has 9 heteroatoms. The number of halogens is 3. The lowest BCUT2D eigenvalue weighted by Crippen LogP contribution is -2.54. The Morgan fingerprint density at radius 3 is 2.29 bits per heavy atom. The van der Waals surface area contributed by atoms with E-state index in [-0.39, 0.29) is 12.6 Å². The molecule has 0 aliphatic carbocycles. The number of hydrogen-bond donors (Lipinski definition) is 1. The third kappa shape index (κ3) is 6.09. The predicted octanol–water partition coefficient (Wildman–Crippen LogP) is 1.29. The highest BCUT2D eigenvalue weighted by molar-refractivity contribution is 5.80. The molecule has 0 aromatic carbocycles. The average Bonchev–Trinajstić information content (AvgIpc) is 2.43. The van der Waals surface area contributed by atoms with Gasteiger partial charge in [-0.1, -0.05) is 0 Å². The monoisotopic (exact) mass is 310 g/mol. The predicted molar refractivity (Wildman–Crippen MR) is 72.2 cm³/mol. The van der Waals surface area contributed by atoms with Crippen LogP contribution in [-0.2, 0) is 4.74 Å². The van der Waals surface area contributed by atoms with E-state index in [2.05, 4.69) is 10.3 Å². The van der Waals surface area contributed by atoms with E-state index in [9.17, 15) is 18.0 Å². The van der Waals surface area contributed by atoms with Crippen LogP contribution in [0.5, 0.6) is 0 Å². The molecule has 1 saturated heterocycles. The van der Waals surface area contributed by atoms with Crippen molar-refractivity contribution in [1.82, 2.24) is 15.1 Å². The van der Waals surface area contributed by atoms with Gasteiger partial charge in [0.1, 0.15) is 0 Å². The molecule has 0 atom stereocenters. The minimum atomic E-state index is -4.19. The maximum absolute atomic E-state index is 12.1. The van der Waals surface area contributed by atoms with Crippen molar-refractivity contribution in [3.63, 3.8) is 0 Å². The van der Waals surface area contributed by atoms with Crippen molar-refractivity contribution in [3.05, 3.63) is 0 Å². The van der Waals surface area contributed by atoms with Crippen LogP contribution in [0.2, 0.25) is 0 Å². The van der Waals surface area contributed by atoms with Crippen molar-refractivity contribution in [3.8, 4) is 0 Å². The number of nitrogens with one attached hydrogen (secondary N) is 1. The molecule has 0 aromatic heterocycles. The number of alkyl halides is 3. The Balaban J connectivity index is 2.39. The summed E-state index contributed by atoms with van der Waals surface area (Å²) in [4.78, 5) is 18.9. The lowest BCUT2D eigenvalue weighted by Gasteiger charge is -2.35. The van der Waals surface area contributed by atoms with E-state index in [4.69, 9.17) is 4.74 Å². The molecule has 1 aliphatic rings. The topological polar surface area (TPSA) is 57.2 Å². The van der Waals surface area contributed by atoms with Gasteiger partial charge in [-0.2, -0.15) is 13.2 Å². The first-order valence-electron chi connectivity index (χ1n) is 6.81. The molecule has 1 N–H and O–H groups in total. The zero-order valence-electron chi connectivity index (χ0n) is 12.2. The molecule has 1 aliphatic heterocycles. The average molecular weight is 310 g/mol. The number of piperazine rings is 1. The molecule has 21 heavy (non-hydrogen) atoms. The van der Waals surface area contributed by atoms with Crippen LogP contribution >= 0.6 is 0 Å². The smallest absolute Gasteiger partial charge is 0.409 e. The van der Waals surface area contributed by atoms with Crippen LogP contribution in [-0.4, -0.2) is 74.4 Å². The molecule has 0 unspecified atom stereocenters. The van der Waals surface area contributed by atoms with Gasteiger partial charge in [0, 0.05) is 39.8 Å². The van der Waals surface area contributed by atoms with Gasteiger partial charge in [0.15, 0.2) is 5.96 Å². The Morgan fingerprint density at radius 1 is 1.24 bits per heavy atom. The molecule has 0 bridgehead atoms. The number of ether oxygens (including phenoxy) is 1. The maximum Gasteiger partial charge on any atom is 0.409 e. The highest BCUT2D eigenvalue weighted by Gasteiger charge is 2.27. The Morgan fingerprint density at radius 2 is 1.81 bits per heavy atom. The lowest BCUT2D eigenvalue weighted by atomic mass is 10.3. The minimum Gasteiger partial charge on any atom is -0.450 e. The number of nitrogens with zero attached hydrogens (tertiary/aromatic N) is 3. The SMILES string of the molecule is CCOC(=O)N1CCN(C(=NC)NCCC(F)(F)F)CC1. The van der Waals surface area contributed by atoms with E-state index < -0.39 is 12.6 Å². The molecular weight excluding hydrogens is 289 g/mol. The lowest BCUT2D eigenvalue weighted by molar-refractivity contribution is -0.132. The zero-order chi connectivity index (χ0) is 15.9. The molecule has 122 valence electrons. The van der Waals surface area contributed by atoms with Crippen LogP contribution in [0.3, 0.4) is 0 Å². The normalized spacial score (nSPS) is 16.9. The van der Waals surface area contributed by atoms with Crippen LogP contribution in [0.4, 0.5) is 18.0 Å². The van der Waals surface area contributed by atoms with Crippen LogP contribution in [0.15, 0.2) is 4.99 Å². The maximum atomic E-state index is 12.1. The third-order valence-electron chi connectivity index (χ3n) is 3.01. The summed E-state index contributed by atoms with van der Waals surface area (Å²) >= 11 is 0. The summed E-state index contributed by atoms with van der Waals surface area (Å²) in [6.07, 6.45) is -5.46. The number of carbonyl (C=O) groups excluding carboxylic acids is 1. The van der Waals surface area contributed by atoms with Crippen molar-refractivity contribution in [2.75, 3.05) is 46.4 Å². The molecule has 0 saturated carbocycles. The molecule has 1 heterocycles. The van der Waals surface area contributed by atoms with Gasteiger partial charge in [0.05, 0.1) is 13.0 Å². The van der Waals surface area contributed by atoms with E-state index in [0.717, 1.165) is 0 Å². The molecule has 1 rings (SSSR count). The van der Waals surface area contributed by atoms with Gasteiger partial charge in [0.2, 0.25) is 0 Å². The second-order valence-electron chi connectivity index (χ2n) is 4.51. The van der Waals surface area contributed by atoms with Crippen LogP contribution in [0.1, 0.15) is 13.3 Å². The Bertz CT molecular complexity index is 366. The van der Waals surface area contributed by atoms with Gasteiger partial charge in [-0.05, 0) is 6.92 Å². The van der Waals surface area contributed by atoms with Crippen molar-refractivity contribution >= 4 is 12.1 Å². The van der Waals surface area contributed by atoms with E-state index in [1.807, 2.05) is 4.90 Å². The van der Waals surface area contributed by atoms with Crippen LogP contribution in [0, 0.1) is 0 Å². The molecule has 6 nitrogen and oxygen atoms in total. The van der Waals surface area contributed by atoms with E-state index >= 15 is 0 Å². The Hall–Kier alpha value is -1.67. The summed E-state index contributed by atoms with van der Waals surface area (Å²) in [5.74, 6) is 0.419. The highest BCUT2D eigenvalue weighted by atomic mass is 19.4.